The van der Waals surface area contributed by atoms with Crippen molar-refractivity contribution in [3.63, 3.8) is 0 Å². The molecular formula is C15H11F2Zr. The van der Waals surface area contributed by atoms with E-state index in [1.807, 2.05) is 0 Å². The van der Waals surface area contributed by atoms with Gasteiger partial charge in [0.15, 0.2) is 0 Å². The molecule has 0 fully saturated rings. The van der Waals surface area contributed by atoms with E-state index in [0.717, 1.165) is 0 Å². The molecule has 3 heteroatoms. The molecule has 0 unspecified atom stereocenters. The monoisotopic (exact) mass is 319 g/mol. The van der Waals surface area contributed by atoms with Gasteiger partial charge in [0.2, 0.25) is 0 Å². The zero-order valence-corrected chi connectivity index (χ0v) is 12.1. The van der Waals surface area contributed by atoms with E-state index in [2.05, 4.69) is 66.7 Å². The molecule has 1 radical (unpaired) electrons. The first-order chi connectivity index (χ1) is 8.86. The van der Waals surface area contributed by atoms with Crippen LogP contribution in [0.25, 0.3) is 6.08 Å². The molecule has 0 atom stereocenters. The molecular weight excluding hydrogens is 309 g/mol. The predicted octanol–water partition coefficient (Wildman–Crippen LogP) is 4.52. The van der Waals surface area contributed by atoms with Gasteiger partial charge in [0.05, 0.1) is 5.92 Å². The summed E-state index contributed by atoms with van der Waals surface area (Å²) in [6.07, 6.45) is 4.37. The molecule has 0 saturated heterocycles. The molecule has 0 heterocycles. The Morgan fingerprint density at radius 1 is 0.722 bits per heavy atom. The molecule has 0 aromatic heterocycles. The summed E-state index contributed by atoms with van der Waals surface area (Å²) in [7, 11) is 0. The van der Waals surface area contributed by atoms with Crippen LogP contribution in [0.1, 0.15) is 16.7 Å². The van der Waals surface area contributed by atoms with Crippen molar-refractivity contribution >= 4 is 6.08 Å². The van der Waals surface area contributed by atoms with Crippen LogP contribution >= 0.6 is 0 Å². The topological polar surface area (TPSA) is 0 Å². The molecule has 0 nitrogen and oxygen atoms in total. The van der Waals surface area contributed by atoms with Gasteiger partial charge in [-0.2, -0.15) is 0 Å². The SMILES string of the molecule is C1=Cc2ccccc2[C]1c1ccccc1.[F][Zr][F]. The normalized spacial score (nSPS) is 12.6. The summed E-state index contributed by atoms with van der Waals surface area (Å²) < 4.78 is 19.6. The second-order valence-electron chi connectivity index (χ2n) is 3.77. The number of benzene rings is 2. The van der Waals surface area contributed by atoms with Crippen LogP contribution in [0.5, 0.6) is 0 Å². The maximum absolute atomic E-state index is 9.80. The summed E-state index contributed by atoms with van der Waals surface area (Å²) in [6.45, 7) is 0. The Hall–Kier alpha value is -1.08. The molecule has 2 aromatic carbocycles. The van der Waals surface area contributed by atoms with E-state index >= 15 is 0 Å². The van der Waals surface area contributed by atoms with Crippen molar-refractivity contribution in [3.8, 4) is 0 Å². The van der Waals surface area contributed by atoms with Crippen molar-refractivity contribution in [2.75, 3.05) is 0 Å². The fourth-order valence-electron chi connectivity index (χ4n) is 2.02. The van der Waals surface area contributed by atoms with Crippen LogP contribution in [0.15, 0.2) is 60.7 Å². The van der Waals surface area contributed by atoms with E-state index in [4.69, 9.17) is 0 Å². The van der Waals surface area contributed by atoms with Gasteiger partial charge in [-0.1, -0.05) is 66.7 Å². The number of fused-ring (bicyclic) bond motifs is 1. The van der Waals surface area contributed by atoms with E-state index in [1.165, 1.54) is 22.6 Å². The first-order valence-corrected chi connectivity index (χ1v) is 7.38. The first-order valence-electron chi connectivity index (χ1n) is 5.53. The fourth-order valence-corrected chi connectivity index (χ4v) is 2.02. The van der Waals surface area contributed by atoms with Crippen molar-refractivity contribution in [1.29, 1.82) is 0 Å². The molecule has 1 aliphatic rings. The average Bonchev–Trinajstić information content (AvgIpc) is 2.84. The molecule has 0 amide bonds. The molecule has 0 saturated carbocycles. The Morgan fingerprint density at radius 2 is 1.33 bits per heavy atom. The van der Waals surface area contributed by atoms with Crippen LogP contribution in [0, 0.1) is 5.92 Å². The van der Waals surface area contributed by atoms with E-state index < -0.39 is 24.5 Å². The van der Waals surface area contributed by atoms with Gasteiger partial charge in [0.1, 0.15) is 0 Å². The van der Waals surface area contributed by atoms with Crippen LogP contribution < -0.4 is 0 Å². The van der Waals surface area contributed by atoms with Crippen LogP contribution in [0.3, 0.4) is 0 Å². The van der Waals surface area contributed by atoms with Gasteiger partial charge in [-0.3, -0.25) is 0 Å². The number of halogens is 2. The number of allylic oxidation sites excluding steroid dienone is 1. The minimum atomic E-state index is -2.77. The molecule has 0 spiro atoms. The standard InChI is InChI=1S/C15H11.2FH.Zr/c1-2-6-12(7-3-1)15-11-10-13-8-4-5-9-14(13)15;;;/h1-11H;2*1H;/q;;;+2/p-2. The Labute approximate surface area is 119 Å². The zero-order valence-electron chi connectivity index (χ0n) is 9.61. The Morgan fingerprint density at radius 3 is 2.06 bits per heavy atom. The van der Waals surface area contributed by atoms with Gasteiger partial charge in [-0.15, -0.1) is 0 Å². The van der Waals surface area contributed by atoms with E-state index in [9.17, 15) is 5.25 Å². The Kier molecular flexibility index (Phi) is 5.01. The van der Waals surface area contributed by atoms with E-state index in [-0.39, 0.29) is 0 Å². The van der Waals surface area contributed by atoms with E-state index in [0.29, 0.717) is 0 Å². The first kappa shape index (κ1) is 13.4. The maximum atomic E-state index is 9.80. The number of hydrogen-bond donors (Lipinski definition) is 0. The molecule has 3 rings (SSSR count). The summed E-state index contributed by atoms with van der Waals surface area (Å²) in [5, 5.41) is 0. The Balaban J connectivity index is 0.000000367. The molecule has 89 valence electrons. The summed E-state index contributed by atoms with van der Waals surface area (Å²) >= 11 is -2.77. The van der Waals surface area contributed by atoms with Gasteiger partial charge in [0, 0.05) is 0 Å². The summed E-state index contributed by atoms with van der Waals surface area (Å²) in [5.41, 5.74) is 3.94. The van der Waals surface area contributed by atoms with Crippen LogP contribution in [-0.2, 0) is 24.5 Å². The molecule has 2 aromatic rings. The fraction of sp³-hybridized carbons (Fsp3) is 0. The molecule has 1 aliphatic carbocycles. The quantitative estimate of drug-likeness (QED) is 0.724. The molecule has 0 bridgehead atoms. The van der Waals surface area contributed by atoms with Gasteiger partial charge in [-0.05, 0) is 16.7 Å². The number of rotatable bonds is 1. The van der Waals surface area contributed by atoms with Crippen LogP contribution in [-0.4, -0.2) is 0 Å². The van der Waals surface area contributed by atoms with Gasteiger partial charge < -0.3 is 0 Å². The van der Waals surface area contributed by atoms with Crippen molar-refractivity contribution in [2.24, 2.45) is 0 Å². The Bertz CT molecular complexity index is 523. The summed E-state index contributed by atoms with van der Waals surface area (Å²) in [5.74, 6) is 1.33. The third-order valence-electron chi connectivity index (χ3n) is 2.77. The second kappa shape index (κ2) is 6.75. The van der Waals surface area contributed by atoms with Gasteiger partial charge in [-0.25, -0.2) is 0 Å². The number of hydrogen-bond acceptors (Lipinski definition) is 0. The second-order valence-corrected chi connectivity index (χ2v) is 4.12. The van der Waals surface area contributed by atoms with Crippen LogP contribution in [0.4, 0.5) is 5.25 Å². The third kappa shape index (κ3) is 3.03. The van der Waals surface area contributed by atoms with Crippen molar-refractivity contribution in [2.45, 2.75) is 0 Å². The van der Waals surface area contributed by atoms with Crippen LogP contribution in [0.2, 0.25) is 0 Å². The summed E-state index contributed by atoms with van der Waals surface area (Å²) in [4.78, 5) is 0. The predicted molar refractivity (Wildman–Crippen MR) is 65.6 cm³/mol. The average molecular weight is 320 g/mol. The van der Waals surface area contributed by atoms with E-state index in [1.54, 1.807) is 0 Å². The zero-order chi connectivity index (χ0) is 12.8. The van der Waals surface area contributed by atoms with Crippen molar-refractivity contribution in [1.82, 2.24) is 0 Å². The van der Waals surface area contributed by atoms with Gasteiger partial charge >= 0.3 is 29.7 Å². The third-order valence-corrected chi connectivity index (χ3v) is 2.77. The van der Waals surface area contributed by atoms with Gasteiger partial charge in [0.25, 0.3) is 0 Å². The summed E-state index contributed by atoms with van der Waals surface area (Å²) in [6, 6.07) is 19.0. The molecule has 0 N–H and O–H groups in total. The molecule has 18 heavy (non-hydrogen) atoms. The molecule has 0 aliphatic heterocycles. The minimum absolute atomic E-state index is 1.29. The van der Waals surface area contributed by atoms with Crippen molar-refractivity contribution < 1.29 is 29.7 Å². The van der Waals surface area contributed by atoms with Crippen molar-refractivity contribution in [3.05, 3.63) is 83.3 Å².